The molecule has 1 aliphatic heterocycles. The summed E-state index contributed by atoms with van der Waals surface area (Å²) < 4.78 is 11.1. The first kappa shape index (κ1) is 20.4. The molecule has 2 aromatic carbocycles. The number of benzene rings is 2. The third-order valence-electron chi connectivity index (χ3n) is 6.02. The van der Waals surface area contributed by atoms with Gasteiger partial charge < -0.3 is 25.2 Å². The number of rotatable bonds is 7. The average Bonchev–Trinajstić information content (AvgIpc) is 3.39. The summed E-state index contributed by atoms with van der Waals surface area (Å²) in [4.78, 5) is 25.5. The number of nitrogens with one attached hydrogen (secondary N) is 2. The van der Waals surface area contributed by atoms with Gasteiger partial charge in [-0.2, -0.15) is 0 Å². The van der Waals surface area contributed by atoms with Crippen molar-refractivity contribution < 1.29 is 24.2 Å². The zero-order valence-corrected chi connectivity index (χ0v) is 17.1. The van der Waals surface area contributed by atoms with E-state index in [2.05, 4.69) is 10.6 Å². The van der Waals surface area contributed by atoms with Gasteiger partial charge in [-0.15, -0.1) is 0 Å². The Morgan fingerprint density at radius 3 is 2.67 bits per heavy atom. The Morgan fingerprint density at radius 2 is 2.00 bits per heavy atom. The fourth-order valence-electron chi connectivity index (χ4n) is 4.14. The Kier molecular flexibility index (Phi) is 5.49. The van der Waals surface area contributed by atoms with Crippen LogP contribution in [0, 0.1) is 5.92 Å². The van der Waals surface area contributed by atoms with Crippen molar-refractivity contribution in [2.75, 3.05) is 34.0 Å². The van der Waals surface area contributed by atoms with Gasteiger partial charge in [0.2, 0.25) is 0 Å². The van der Waals surface area contributed by atoms with Crippen LogP contribution < -0.4 is 15.4 Å². The molecule has 1 saturated carbocycles. The first-order valence-corrected chi connectivity index (χ1v) is 10.0. The van der Waals surface area contributed by atoms with Crippen LogP contribution in [0.3, 0.4) is 0 Å². The van der Waals surface area contributed by atoms with Gasteiger partial charge in [-0.1, -0.05) is 30.3 Å². The van der Waals surface area contributed by atoms with E-state index in [1.54, 1.807) is 19.2 Å². The Bertz CT molecular complexity index is 962. The van der Waals surface area contributed by atoms with Crippen LogP contribution in [-0.2, 0) is 10.2 Å². The molecule has 2 aliphatic rings. The molecule has 158 valence electrons. The molecule has 1 unspecified atom stereocenters. The number of carbonyl (C=O) groups excluding carboxylic acids is 2. The Morgan fingerprint density at radius 1 is 1.23 bits per heavy atom. The molecule has 0 bridgehead atoms. The predicted molar refractivity (Wildman–Crippen MR) is 111 cm³/mol. The van der Waals surface area contributed by atoms with Gasteiger partial charge in [0.05, 0.1) is 24.2 Å². The van der Waals surface area contributed by atoms with Gasteiger partial charge >= 0.3 is 0 Å². The second-order valence-electron chi connectivity index (χ2n) is 7.91. The van der Waals surface area contributed by atoms with Gasteiger partial charge in [0.1, 0.15) is 12.4 Å². The fraction of sp³-hybridized carbons (Fsp3) is 0.391. The van der Waals surface area contributed by atoms with Gasteiger partial charge in [-0.3, -0.25) is 9.59 Å². The minimum atomic E-state index is -0.839. The summed E-state index contributed by atoms with van der Waals surface area (Å²) in [5.41, 5.74) is 1.33. The maximum atomic E-state index is 13.0. The number of ether oxygens (including phenoxy) is 2. The standard InChI is InChI=1S/C23H26N2O5/c1-24-22(28)17-8-14(21(27)25-19-10-15(19)11-29-2)9-18-20(17)30-13-23(18,12-26)16-6-4-3-5-7-16/h3-9,15,19,26H,10-13H2,1-2H3,(H,24,28)(H,25,27)/t15-,19+,23?/m1/s1. The lowest BCUT2D eigenvalue weighted by atomic mass is 9.76. The van der Waals surface area contributed by atoms with Crippen LogP contribution in [0.25, 0.3) is 0 Å². The highest BCUT2D eigenvalue weighted by atomic mass is 16.5. The second-order valence-corrected chi connectivity index (χ2v) is 7.91. The minimum absolute atomic E-state index is 0.0714. The van der Waals surface area contributed by atoms with E-state index >= 15 is 0 Å². The molecule has 30 heavy (non-hydrogen) atoms. The molecule has 2 amide bonds. The molecule has 7 heteroatoms. The van der Waals surface area contributed by atoms with Crippen molar-refractivity contribution in [1.82, 2.24) is 10.6 Å². The largest absolute Gasteiger partial charge is 0.491 e. The van der Waals surface area contributed by atoms with E-state index in [0.29, 0.717) is 29.4 Å². The molecular weight excluding hydrogens is 384 g/mol. The van der Waals surface area contributed by atoms with E-state index in [0.717, 1.165) is 12.0 Å². The minimum Gasteiger partial charge on any atom is -0.491 e. The van der Waals surface area contributed by atoms with Crippen LogP contribution in [0.2, 0.25) is 0 Å². The van der Waals surface area contributed by atoms with E-state index in [4.69, 9.17) is 9.47 Å². The topological polar surface area (TPSA) is 96.9 Å². The van der Waals surface area contributed by atoms with Crippen LogP contribution in [0.4, 0.5) is 0 Å². The number of methoxy groups -OCH3 is 1. The fourth-order valence-corrected chi connectivity index (χ4v) is 4.14. The lowest BCUT2D eigenvalue weighted by Gasteiger charge is -2.26. The zero-order chi connectivity index (χ0) is 21.3. The van der Waals surface area contributed by atoms with Crippen LogP contribution >= 0.6 is 0 Å². The Balaban J connectivity index is 1.75. The first-order chi connectivity index (χ1) is 14.5. The van der Waals surface area contributed by atoms with Gasteiger partial charge in [-0.05, 0) is 24.1 Å². The van der Waals surface area contributed by atoms with Gasteiger partial charge in [0.15, 0.2) is 0 Å². The molecule has 2 aromatic rings. The van der Waals surface area contributed by atoms with Crippen LogP contribution in [0.5, 0.6) is 5.75 Å². The van der Waals surface area contributed by atoms with Gasteiger partial charge in [0, 0.05) is 37.2 Å². The number of hydrogen-bond acceptors (Lipinski definition) is 5. The molecule has 1 aliphatic carbocycles. The van der Waals surface area contributed by atoms with E-state index in [-0.39, 0.29) is 36.6 Å². The predicted octanol–water partition coefficient (Wildman–Crippen LogP) is 1.48. The summed E-state index contributed by atoms with van der Waals surface area (Å²) in [6.07, 6.45) is 0.876. The average molecular weight is 410 g/mol. The quantitative estimate of drug-likeness (QED) is 0.643. The maximum Gasteiger partial charge on any atom is 0.254 e. The lowest BCUT2D eigenvalue weighted by Crippen LogP contribution is -2.34. The summed E-state index contributed by atoms with van der Waals surface area (Å²) >= 11 is 0. The monoisotopic (exact) mass is 410 g/mol. The number of fused-ring (bicyclic) bond motifs is 1. The highest BCUT2D eigenvalue weighted by molar-refractivity contribution is 6.02. The second kappa shape index (κ2) is 8.08. The molecule has 3 atom stereocenters. The molecule has 1 fully saturated rings. The van der Waals surface area contributed by atoms with E-state index in [1.807, 2.05) is 30.3 Å². The van der Waals surface area contributed by atoms with Crippen molar-refractivity contribution in [1.29, 1.82) is 0 Å². The van der Waals surface area contributed by atoms with E-state index < -0.39 is 5.41 Å². The number of carbonyl (C=O) groups is 2. The maximum absolute atomic E-state index is 13.0. The number of amides is 2. The molecule has 0 aromatic heterocycles. The molecular formula is C23H26N2O5. The molecule has 1 heterocycles. The molecule has 0 spiro atoms. The Labute approximate surface area is 175 Å². The lowest BCUT2D eigenvalue weighted by molar-refractivity contribution is 0.0945. The van der Waals surface area contributed by atoms with Crippen molar-refractivity contribution in [3.05, 3.63) is 64.7 Å². The van der Waals surface area contributed by atoms with E-state index in [9.17, 15) is 14.7 Å². The SMILES string of the molecule is CNC(=O)c1cc(C(=O)N[C@H]2C[C@@H]2COC)cc2c1OCC2(CO)c1ccccc1. The van der Waals surface area contributed by atoms with Crippen molar-refractivity contribution in [3.8, 4) is 5.75 Å². The normalized spacial score (nSPS) is 24.0. The molecule has 3 N–H and O–H groups in total. The summed E-state index contributed by atoms with van der Waals surface area (Å²) in [5.74, 6) is 0.133. The van der Waals surface area contributed by atoms with Crippen molar-refractivity contribution in [2.45, 2.75) is 17.9 Å². The van der Waals surface area contributed by atoms with Crippen LogP contribution in [-0.4, -0.2) is 56.9 Å². The number of aliphatic hydroxyl groups excluding tert-OH is 1. The van der Waals surface area contributed by atoms with Crippen LogP contribution in [0.15, 0.2) is 42.5 Å². The number of aliphatic hydroxyl groups is 1. The van der Waals surface area contributed by atoms with Crippen LogP contribution in [0.1, 0.15) is 38.3 Å². The zero-order valence-electron chi connectivity index (χ0n) is 17.1. The molecule has 0 saturated heterocycles. The Hall–Kier alpha value is -2.90. The third kappa shape index (κ3) is 3.44. The highest BCUT2D eigenvalue weighted by Crippen LogP contribution is 2.45. The van der Waals surface area contributed by atoms with Gasteiger partial charge in [0.25, 0.3) is 11.8 Å². The van der Waals surface area contributed by atoms with Crippen molar-refractivity contribution in [2.24, 2.45) is 5.92 Å². The first-order valence-electron chi connectivity index (χ1n) is 10.0. The van der Waals surface area contributed by atoms with Crippen molar-refractivity contribution in [3.63, 3.8) is 0 Å². The van der Waals surface area contributed by atoms with E-state index in [1.165, 1.54) is 7.05 Å². The van der Waals surface area contributed by atoms with Crippen molar-refractivity contribution >= 4 is 11.8 Å². The summed E-state index contributed by atoms with van der Waals surface area (Å²) in [5, 5.41) is 16.0. The molecule has 4 rings (SSSR count). The highest BCUT2D eigenvalue weighted by Gasteiger charge is 2.45. The smallest absolute Gasteiger partial charge is 0.254 e. The summed E-state index contributed by atoms with van der Waals surface area (Å²) in [6.45, 7) is 0.589. The molecule has 7 nitrogen and oxygen atoms in total. The summed E-state index contributed by atoms with van der Waals surface area (Å²) in [7, 11) is 3.18. The molecule has 0 radical (unpaired) electrons. The summed E-state index contributed by atoms with van der Waals surface area (Å²) in [6, 6.07) is 12.9. The number of hydrogen-bond donors (Lipinski definition) is 3. The third-order valence-corrected chi connectivity index (χ3v) is 6.02. The van der Waals surface area contributed by atoms with Gasteiger partial charge in [-0.25, -0.2) is 0 Å².